The molecule has 1 radical (unpaired) electrons. The molecule has 0 aliphatic carbocycles. The molecule has 0 fully saturated rings. The van der Waals surface area contributed by atoms with Crippen LogP contribution in [0.25, 0.3) is 0 Å². The topological polar surface area (TPSA) is 63.0 Å². The molecule has 0 spiro atoms. The van der Waals surface area contributed by atoms with E-state index in [9.17, 15) is 9.90 Å². The Morgan fingerprint density at radius 3 is 2.29 bits per heavy atom. The molecule has 0 aromatic heterocycles. The second kappa shape index (κ2) is 2.36. The molecule has 0 aromatic carbocycles. The fraction of sp³-hybridized carbons (Fsp3) is 0.250. The molecule has 0 heterocycles. The highest BCUT2D eigenvalue weighted by atomic mass is 16.4. The van der Waals surface area contributed by atoms with Gasteiger partial charge in [0.1, 0.15) is 6.04 Å². The van der Waals surface area contributed by atoms with Crippen molar-refractivity contribution in [3.63, 3.8) is 0 Å². The second-order valence-corrected chi connectivity index (χ2v) is 1.08. The van der Waals surface area contributed by atoms with Gasteiger partial charge in [-0.05, 0) is 0 Å². The van der Waals surface area contributed by atoms with Gasteiger partial charge in [-0.3, -0.25) is 0 Å². The van der Waals surface area contributed by atoms with E-state index in [-0.39, 0.29) is 0 Å². The van der Waals surface area contributed by atoms with Crippen LogP contribution in [0.15, 0.2) is 12.7 Å². The van der Waals surface area contributed by atoms with Crippen LogP contribution >= 0.6 is 0 Å². The van der Waals surface area contributed by atoms with E-state index in [4.69, 9.17) is 5.73 Å². The lowest BCUT2D eigenvalue weighted by Crippen LogP contribution is -2.25. The van der Waals surface area contributed by atoms with Gasteiger partial charge in [0.2, 0.25) is 0 Å². The van der Waals surface area contributed by atoms with Crippen LogP contribution in [0.3, 0.4) is 0 Å². The van der Waals surface area contributed by atoms with E-state index in [1.54, 1.807) is 0 Å². The SMILES string of the molecule is C=CC(N)C([O])=O. The van der Waals surface area contributed by atoms with Gasteiger partial charge in [0, 0.05) is 0 Å². The summed E-state index contributed by atoms with van der Waals surface area (Å²) in [6, 6.07) is -1.03. The van der Waals surface area contributed by atoms with E-state index in [1.165, 1.54) is 0 Å². The Hall–Kier alpha value is -0.830. The van der Waals surface area contributed by atoms with Gasteiger partial charge in [-0.1, -0.05) is 6.08 Å². The highest BCUT2D eigenvalue weighted by Crippen LogP contribution is 1.75. The van der Waals surface area contributed by atoms with Crippen LogP contribution in [0.2, 0.25) is 0 Å². The van der Waals surface area contributed by atoms with Gasteiger partial charge in [-0.2, -0.15) is 0 Å². The van der Waals surface area contributed by atoms with Crippen molar-refractivity contribution in [2.24, 2.45) is 5.73 Å². The predicted molar refractivity (Wildman–Crippen MR) is 23.9 cm³/mol. The molecule has 0 rings (SSSR count). The third-order valence-electron chi connectivity index (χ3n) is 0.526. The van der Waals surface area contributed by atoms with Crippen molar-refractivity contribution in [1.29, 1.82) is 0 Å². The Bertz CT molecular complexity index is 89.7. The number of carbonyl (C=O) groups is 1. The summed E-state index contributed by atoms with van der Waals surface area (Å²) in [6.45, 7) is 3.14. The molecule has 3 nitrogen and oxygen atoms in total. The third-order valence-corrected chi connectivity index (χ3v) is 0.526. The fourth-order valence-electron chi connectivity index (χ4n) is 0.0962. The van der Waals surface area contributed by atoms with Crippen molar-refractivity contribution in [3.8, 4) is 0 Å². The minimum Gasteiger partial charge on any atom is -0.315 e. The molecule has 0 amide bonds. The summed E-state index contributed by atoms with van der Waals surface area (Å²) in [4.78, 5) is 9.62. The Labute approximate surface area is 41.4 Å². The number of carbonyl (C=O) groups excluding carboxylic acids is 1. The van der Waals surface area contributed by atoms with Crippen LogP contribution in [-0.4, -0.2) is 12.0 Å². The first kappa shape index (κ1) is 6.17. The van der Waals surface area contributed by atoms with Gasteiger partial charge in [-0.15, -0.1) is 6.58 Å². The highest BCUT2D eigenvalue weighted by molar-refractivity contribution is 5.74. The van der Waals surface area contributed by atoms with Crippen molar-refractivity contribution < 1.29 is 9.90 Å². The number of nitrogens with two attached hydrogens (primary N) is 1. The lowest BCUT2D eigenvalue weighted by Gasteiger charge is -1.89. The van der Waals surface area contributed by atoms with Crippen LogP contribution in [0, 0.1) is 0 Å². The smallest absolute Gasteiger partial charge is 0.315 e. The largest absolute Gasteiger partial charge is 0.375 e. The predicted octanol–water partition coefficient (Wildman–Crippen LogP) is -0.543. The van der Waals surface area contributed by atoms with Gasteiger partial charge in [0.05, 0.1) is 0 Å². The zero-order valence-electron chi connectivity index (χ0n) is 3.76. The summed E-state index contributed by atoms with van der Waals surface area (Å²) in [5.74, 6) is -1.30. The number of hydrogen-bond acceptors (Lipinski definition) is 2. The van der Waals surface area contributed by atoms with E-state index in [0.717, 1.165) is 6.08 Å². The summed E-state index contributed by atoms with van der Waals surface area (Å²) in [7, 11) is 0. The molecule has 3 heteroatoms. The average molecular weight is 100 g/mol. The van der Waals surface area contributed by atoms with Crippen molar-refractivity contribution in [2.75, 3.05) is 0 Å². The standard InChI is InChI=1S/C4H6NO2/c1-2-3(5)4(6)7/h2-3H,1,5H2. The molecule has 0 aromatic rings. The Balaban J connectivity index is 3.55. The van der Waals surface area contributed by atoms with Gasteiger partial charge >= 0.3 is 5.97 Å². The van der Waals surface area contributed by atoms with E-state index >= 15 is 0 Å². The van der Waals surface area contributed by atoms with Crippen LogP contribution in [0.1, 0.15) is 0 Å². The maximum atomic E-state index is 9.62. The molecule has 0 saturated heterocycles. The van der Waals surface area contributed by atoms with Crippen molar-refractivity contribution in [3.05, 3.63) is 12.7 Å². The molecule has 7 heavy (non-hydrogen) atoms. The fourth-order valence-corrected chi connectivity index (χ4v) is 0.0962. The molecule has 0 aliphatic heterocycles. The molecule has 2 N–H and O–H groups in total. The molecule has 1 unspecified atom stereocenters. The summed E-state index contributed by atoms with van der Waals surface area (Å²) in [5.41, 5.74) is 4.84. The third kappa shape index (κ3) is 1.94. The Kier molecular flexibility index (Phi) is 2.08. The van der Waals surface area contributed by atoms with Crippen LogP contribution < -0.4 is 5.73 Å². The van der Waals surface area contributed by atoms with Crippen molar-refractivity contribution in [2.45, 2.75) is 6.04 Å². The summed E-state index contributed by atoms with van der Waals surface area (Å²) < 4.78 is 0. The lowest BCUT2D eigenvalue weighted by atomic mass is 10.3. The average Bonchev–Trinajstić information content (AvgIpc) is 1.65. The summed E-state index contributed by atoms with van der Waals surface area (Å²) >= 11 is 0. The quantitative estimate of drug-likeness (QED) is 0.473. The first-order valence-corrected chi connectivity index (χ1v) is 1.77. The molecule has 0 bridgehead atoms. The minimum absolute atomic E-state index is 1.03. The molecular formula is C4H6NO2. The highest BCUT2D eigenvalue weighted by Gasteiger charge is 2.06. The molecule has 39 valence electrons. The van der Waals surface area contributed by atoms with Crippen molar-refractivity contribution >= 4 is 5.97 Å². The molecular weight excluding hydrogens is 94.0 g/mol. The van der Waals surface area contributed by atoms with E-state index < -0.39 is 12.0 Å². The van der Waals surface area contributed by atoms with E-state index in [1.807, 2.05) is 0 Å². The Morgan fingerprint density at radius 1 is 1.86 bits per heavy atom. The van der Waals surface area contributed by atoms with Crippen LogP contribution in [0.4, 0.5) is 0 Å². The van der Waals surface area contributed by atoms with E-state index in [2.05, 4.69) is 6.58 Å². The first-order chi connectivity index (χ1) is 3.18. The van der Waals surface area contributed by atoms with Crippen LogP contribution in [0.5, 0.6) is 0 Å². The zero-order chi connectivity index (χ0) is 5.86. The maximum Gasteiger partial charge on any atom is 0.375 e. The van der Waals surface area contributed by atoms with Gasteiger partial charge in [0.25, 0.3) is 0 Å². The normalized spacial score (nSPS) is 12.7. The van der Waals surface area contributed by atoms with Crippen molar-refractivity contribution in [1.82, 2.24) is 0 Å². The van der Waals surface area contributed by atoms with E-state index in [0.29, 0.717) is 0 Å². The molecule has 0 aliphatic rings. The van der Waals surface area contributed by atoms with Gasteiger partial charge in [-0.25, -0.2) is 9.90 Å². The maximum absolute atomic E-state index is 9.62. The van der Waals surface area contributed by atoms with Gasteiger partial charge < -0.3 is 5.73 Å². The second-order valence-electron chi connectivity index (χ2n) is 1.08. The first-order valence-electron chi connectivity index (χ1n) is 1.77. The Morgan fingerprint density at radius 2 is 2.29 bits per heavy atom. The monoisotopic (exact) mass is 100 g/mol. The molecule has 1 atom stereocenters. The minimum atomic E-state index is -1.30. The number of rotatable bonds is 2. The lowest BCUT2D eigenvalue weighted by molar-refractivity contribution is -0.143. The van der Waals surface area contributed by atoms with Gasteiger partial charge in [0.15, 0.2) is 0 Å². The molecule has 0 saturated carbocycles. The zero-order valence-corrected chi connectivity index (χ0v) is 3.76. The summed E-state index contributed by atoms with van der Waals surface area (Å²) in [6.07, 6.45) is 1.11. The summed E-state index contributed by atoms with van der Waals surface area (Å²) in [5, 5.41) is 9.62. The number of hydrogen-bond donors (Lipinski definition) is 1. The van der Waals surface area contributed by atoms with Crippen LogP contribution in [-0.2, 0) is 9.90 Å².